The molecule has 108 valence electrons. The topological polar surface area (TPSA) is 39.7 Å². The molecule has 0 saturated carbocycles. The first-order valence-corrected chi connectivity index (χ1v) is 6.86. The van der Waals surface area contributed by atoms with Gasteiger partial charge in [-0.1, -0.05) is 19.8 Å². The summed E-state index contributed by atoms with van der Waals surface area (Å²) < 4.78 is 16.1. The Morgan fingerprint density at radius 1 is 0.895 bits per heavy atom. The maximum Gasteiger partial charge on any atom is 0.126 e. The summed E-state index contributed by atoms with van der Waals surface area (Å²) >= 11 is 0. The van der Waals surface area contributed by atoms with E-state index >= 15 is 0 Å². The molecule has 4 heteroatoms. The van der Waals surface area contributed by atoms with Crippen LogP contribution in [0.4, 0.5) is 0 Å². The van der Waals surface area contributed by atoms with Gasteiger partial charge in [-0.15, -0.1) is 0 Å². The molecular weight excluding hydrogens is 242 g/mol. The number of hydrogen-bond acceptors (Lipinski definition) is 4. The van der Waals surface area contributed by atoms with Crippen LogP contribution in [0.25, 0.3) is 0 Å². The Labute approximate surface area is 116 Å². The molecule has 0 aromatic heterocycles. The molecule has 0 unspecified atom stereocenters. The average molecular weight is 267 g/mol. The van der Waals surface area contributed by atoms with Crippen molar-refractivity contribution < 1.29 is 14.2 Å². The highest BCUT2D eigenvalue weighted by molar-refractivity contribution is 5.41. The minimum absolute atomic E-state index is 0.641. The van der Waals surface area contributed by atoms with Crippen LogP contribution in [0.2, 0.25) is 0 Å². The molecule has 0 heterocycles. The van der Waals surface area contributed by atoms with Crippen molar-refractivity contribution in [1.82, 2.24) is 5.32 Å². The number of nitrogens with one attached hydrogen (secondary N) is 1. The molecule has 0 spiro atoms. The second kappa shape index (κ2) is 9.50. The van der Waals surface area contributed by atoms with E-state index < -0.39 is 0 Å². The number of rotatable bonds is 10. The second-order valence-electron chi connectivity index (χ2n) is 4.35. The lowest BCUT2D eigenvalue weighted by Gasteiger charge is -2.10. The Morgan fingerprint density at radius 3 is 2.11 bits per heavy atom. The fourth-order valence-electron chi connectivity index (χ4n) is 1.73. The molecule has 0 radical (unpaired) electrons. The molecule has 0 bridgehead atoms. The van der Waals surface area contributed by atoms with Gasteiger partial charge in [0.1, 0.15) is 23.9 Å². The van der Waals surface area contributed by atoms with E-state index in [4.69, 9.17) is 14.2 Å². The van der Waals surface area contributed by atoms with Crippen molar-refractivity contribution in [3.8, 4) is 17.2 Å². The van der Waals surface area contributed by atoms with Crippen LogP contribution in [0, 0.1) is 0 Å². The van der Waals surface area contributed by atoms with E-state index in [0.29, 0.717) is 6.61 Å². The summed E-state index contributed by atoms with van der Waals surface area (Å²) in [6.45, 7) is 4.75. The molecule has 4 nitrogen and oxygen atoms in total. The van der Waals surface area contributed by atoms with Gasteiger partial charge in [0.15, 0.2) is 0 Å². The molecule has 0 aliphatic rings. The summed E-state index contributed by atoms with van der Waals surface area (Å²) in [4.78, 5) is 0. The van der Waals surface area contributed by atoms with Crippen molar-refractivity contribution >= 4 is 0 Å². The predicted octanol–water partition coefficient (Wildman–Crippen LogP) is 2.86. The summed E-state index contributed by atoms with van der Waals surface area (Å²) in [7, 11) is 3.27. The first-order valence-electron chi connectivity index (χ1n) is 6.86. The van der Waals surface area contributed by atoms with Crippen molar-refractivity contribution in [1.29, 1.82) is 0 Å². The number of benzene rings is 1. The van der Waals surface area contributed by atoms with Gasteiger partial charge in [0.05, 0.1) is 14.2 Å². The van der Waals surface area contributed by atoms with Gasteiger partial charge in [0.2, 0.25) is 0 Å². The van der Waals surface area contributed by atoms with Gasteiger partial charge in [-0.25, -0.2) is 0 Å². The van der Waals surface area contributed by atoms with Gasteiger partial charge < -0.3 is 19.5 Å². The highest BCUT2D eigenvalue weighted by atomic mass is 16.5. The third-order valence-electron chi connectivity index (χ3n) is 2.83. The minimum atomic E-state index is 0.641. The van der Waals surface area contributed by atoms with E-state index in [0.717, 1.165) is 30.3 Å². The van der Waals surface area contributed by atoms with Crippen molar-refractivity contribution in [3.05, 3.63) is 18.2 Å². The summed E-state index contributed by atoms with van der Waals surface area (Å²) in [5.41, 5.74) is 0. The standard InChI is InChI=1S/C15H25NO3/c1-4-5-6-7-16-8-9-19-15-11-13(17-2)10-14(12-15)18-3/h10-12,16H,4-9H2,1-3H3. The molecule has 1 aromatic rings. The van der Waals surface area contributed by atoms with E-state index in [9.17, 15) is 0 Å². The maximum absolute atomic E-state index is 5.68. The van der Waals surface area contributed by atoms with Gasteiger partial charge in [-0.3, -0.25) is 0 Å². The lowest BCUT2D eigenvalue weighted by molar-refractivity contribution is 0.308. The van der Waals surface area contributed by atoms with Crippen molar-refractivity contribution in [3.63, 3.8) is 0 Å². The zero-order valence-electron chi connectivity index (χ0n) is 12.2. The Bertz CT molecular complexity index is 333. The average Bonchev–Trinajstić information content (AvgIpc) is 2.45. The normalized spacial score (nSPS) is 10.3. The third-order valence-corrected chi connectivity index (χ3v) is 2.83. The highest BCUT2D eigenvalue weighted by Crippen LogP contribution is 2.27. The molecule has 0 atom stereocenters. The zero-order valence-corrected chi connectivity index (χ0v) is 12.2. The van der Waals surface area contributed by atoms with E-state index in [-0.39, 0.29) is 0 Å². The van der Waals surface area contributed by atoms with E-state index in [2.05, 4.69) is 12.2 Å². The van der Waals surface area contributed by atoms with Crippen molar-refractivity contribution in [2.45, 2.75) is 26.2 Å². The number of ether oxygens (including phenoxy) is 3. The number of methoxy groups -OCH3 is 2. The summed E-state index contributed by atoms with van der Waals surface area (Å²) in [5.74, 6) is 2.25. The van der Waals surface area contributed by atoms with E-state index in [1.54, 1.807) is 14.2 Å². The molecule has 0 amide bonds. The molecular formula is C15H25NO3. The summed E-state index contributed by atoms with van der Waals surface area (Å²) in [6, 6.07) is 5.55. The van der Waals surface area contributed by atoms with Crippen LogP contribution in [0.15, 0.2) is 18.2 Å². The van der Waals surface area contributed by atoms with Gasteiger partial charge in [-0.2, -0.15) is 0 Å². The molecule has 1 N–H and O–H groups in total. The molecule has 0 aliphatic carbocycles. The van der Waals surface area contributed by atoms with E-state index in [1.807, 2.05) is 18.2 Å². The first-order chi connectivity index (χ1) is 9.30. The Morgan fingerprint density at radius 2 is 1.53 bits per heavy atom. The summed E-state index contributed by atoms with van der Waals surface area (Å²) in [5, 5.41) is 3.36. The highest BCUT2D eigenvalue weighted by Gasteiger charge is 2.02. The Kier molecular flexibility index (Phi) is 7.82. The van der Waals surface area contributed by atoms with Gasteiger partial charge in [0.25, 0.3) is 0 Å². The largest absolute Gasteiger partial charge is 0.496 e. The SMILES string of the molecule is CCCCCNCCOc1cc(OC)cc(OC)c1. The van der Waals surface area contributed by atoms with E-state index in [1.165, 1.54) is 19.3 Å². The fraction of sp³-hybridized carbons (Fsp3) is 0.600. The van der Waals surface area contributed by atoms with Crippen LogP contribution in [0.5, 0.6) is 17.2 Å². The summed E-state index contributed by atoms with van der Waals surface area (Å²) in [6.07, 6.45) is 3.76. The Hall–Kier alpha value is -1.42. The molecule has 19 heavy (non-hydrogen) atoms. The first kappa shape index (κ1) is 15.6. The van der Waals surface area contributed by atoms with Gasteiger partial charge >= 0.3 is 0 Å². The molecule has 0 saturated heterocycles. The molecule has 1 rings (SSSR count). The van der Waals surface area contributed by atoms with Crippen LogP contribution in [0.3, 0.4) is 0 Å². The molecule has 1 aromatic carbocycles. The minimum Gasteiger partial charge on any atom is -0.496 e. The van der Waals surface area contributed by atoms with Crippen LogP contribution < -0.4 is 19.5 Å². The monoisotopic (exact) mass is 267 g/mol. The van der Waals surface area contributed by atoms with Crippen LogP contribution in [0.1, 0.15) is 26.2 Å². The zero-order chi connectivity index (χ0) is 13.9. The molecule has 0 aliphatic heterocycles. The van der Waals surface area contributed by atoms with Gasteiger partial charge in [-0.05, 0) is 13.0 Å². The van der Waals surface area contributed by atoms with Crippen molar-refractivity contribution in [2.24, 2.45) is 0 Å². The second-order valence-corrected chi connectivity index (χ2v) is 4.35. The number of hydrogen-bond donors (Lipinski definition) is 1. The fourth-order valence-corrected chi connectivity index (χ4v) is 1.73. The lowest BCUT2D eigenvalue weighted by Crippen LogP contribution is -2.22. The maximum atomic E-state index is 5.68. The molecule has 0 fully saturated rings. The van der Waals surface area contributed by atoms with Crippen LogP contribution in [-0.4, -0.2) is 33.9 Å². The third kappa shape index (κ3) is 6.34. The van der Waals surface area contributed by atoms with Crippen molar-refractivity contribution in [2.75, 3.05) is 33.9 Å². The quantitative estimate of drug-likeness (QED) is 0.662. The van der Waals surface area contributed by atoms with Gasteiger partial charge in [0, 0.05) is 24.7 Å². The lowest BCUT2D eigenvalue weighted by atomic mass is 10.2. The smallest absolute Gasteiger partial charge is 0.126 e. The van der Waals surface area contributed by atoms with Crippen LogP contribution >= 0.6 is 0 Å². The Balaban J connectivity index is 2.28. The predicted molar refractivity (Wildman–Crippen MR) is 77.4 cm³/mol. The number of unbranched alkanes of at least 4 members (excludes halogenated alkanes) is 2. The van der Waals surface area contributed by atoms with Crippen LogP contribution in [-0.2, 0) is 0 Å².